The number of hydrogen-bond acceptors (Lipinski definition) is 8. The minimum absolute atomic E-state index is 0.0793. The van der Waals surface area contributed by atoms with Gasteiger partial charge in [0, 0.05) is 12.6 Å². The number of halogens is 2. The molecule has 2 fully saturated rings. The van der Waals surface area contributed by atoms with E-state index in [-0.39, 0.29) is 35.5 Å². The SMILES string of the molecule is Cn1cncn1.O=C1OCCN1c1noc2c(F)c(F)c(C3OCCO3)cc12. The summed E-state index contributed by atoms with van der Waals surface area (Å²) < 4.78 is 50.0. The number of hydrogen-bond donors (Lipinski definition) is 0. The molecule has 0 N–H and O–H groups in total. The molecule has 2 aliphatic rings. The van der Waals surface area contributed by atoms with Gasteiger partial charge in [0.15, 0.2) is 17.9 Å². The van der Waals surface area contributed by atoms with E-state index in [9.17, 15) is 13.6 Å². The van der Waals surface area contributed by atoms with Crippen LogP contribution in [-0.2, 0) is 21.3 Å². The van der Waals surface area contributed by atoms with Crippen LogP contribution >= 0.6 is 0 Å². The third-order valence-electron chi connectivity index (χ3n) is 4.08. The molecule has 0 atom stereocenters. The highest BCUT2D eigenvalue weighted by atomic mass is 19.2. The molecule has 1 aromatic carbocycles. The van der Waals surface area contributed by atoms with Gasteiger partial charge < -0.3 is 18.7 Å². The maximum atomic E-state index is 14.2. The van der Waals surface area contributed by atoms with Crippen molar-refractivity contribution in [3.05, 3.63) is 35.9 Å². The number of aromatic nitrogens is 4. The normalized spacial score (nSPS) is 17.1. The lowest BCUT2D eigenvalue weighted by Crippen LogP contribution is -2.23. The van der Waals surface area contributed by atoms with E-state index in [4.69, 9.17) is 18.7 Å². The number of aryl methyl sites for hydroxylation is 1. The summed E-state index contributed by atoms with van der Waals surface area (Å²) in [6.45, 7) is 1.03. The predicted molar refractivity (Wildman–Crippen MR) is 88.3 cm³/mol. The second-order valence-electron chi connectivity index (χ2n) is 5.89. The first-order chi connectivity index (χ1) is 13.6. The molecule has 28 heavy (non-hydrogen) atoms. The first kappa shape index (κ1) is 18.3. The Bertz CT molecular complexity index is 987. The van der Waals surface area contributed by atoms with Crippen LogP contribution < -0.4 is 4.90 Å². The standard InChI is InChI=1S/C13H10F2N2O5.C3H5N3/c14-8-6(12-19-3-4-20-12)5-7-10(9(8)15)22-16-11(7)17-1-2-21-13(17)18;1-6-3-4-2-5-6/h5,12H,1-4H2;2-3H,1H3. The Balaban J connectivity index is 0.000000275. The number of amides is 1. The largest absolute Gasteiger partial charge is 0.447 e. The summed E-state index contributed by atoms with van der Waals surface area (Å²) >= 11 is 0. The number of cyclic esters (lactones) is 1. The number of fused-ring (bicyclic) bond motifs is 1. The van der Waals surface area contributed by atoms with Crippen molar-refractivity contribution < 1.29 is 32.3 Å². The molecule has 4 heterocycles. The third-order valence-corrected chi connectivity index (χ3v) is 4.08. The highest BCUT2D eigenvalue weighted by Crippen LogP contribution is 2.36. The summed E-state index contributed by atoms with van der Waals surface area (Å²) in [4.78, 5) is 16.5. The Morgan fingerprint density at radius 3 is 2.54 bits per heavy atom. The summed E-state index contributed by atoms with van der Waals surface area (Å²) in [5.41, 5.74) is -0.464. The second kappa shape index (κ2) is 7.48. The molecule has 148 valence electrons. The molecule has 2 aromatic heterocycles. The lowest BCUT2D eigenvalue weighted by atomic mass is 10.1. The van der Waals surface area contributed by atoms with Gasteiger partial charge in [-0.15, -0.1) is 0 Å². The van der Waals surface area contributed by atoms with Crippen LogP contribution in [0.15, 0.2) is 23.2 Å². The van der Waals surface area contributed by atoms with Crippen molar-refractivity contribution in [2.24, 2.45) is 7.05 Å². The summed E-state index contributed by atoms with van der Waals surface area (Å²) in [7, 11) is 1.83. The van der Waals surface area contributed by atoms with Gasteiger partial charge in [0.2, 0.25) is 11.4 Å². The third kappa shape index (κ3) is 3.27. The van der Waals surface area contributed by atoms with Crippen LogP contribution in [0.5, 0.6) is 0 Å². The summed E-state index contributed by atoms with van der Waals surface area (Å²) in [6.07, 6.45) is 1.53. The molecule has 3 aromatic rings. The average molecular weight is 395 g/mol. The van der Waals surface area contributed by atoms with Crippen molar-refractivity contribution in [1.82, 2.24) is 19.9 Å². The smallest absolute Gasteiger partial charge is 0.415 e. The number of rotatable bonds is 2. The number of benzene rings is 1. The van der Waals surface area contributed by atoms with Gasteiger partial charge in [-0.3, -0.25) is 9.58 Å². The second-order valence-corrected chi connectivity index (χ2v) is 5.89. The van der Waals surface area contributed by atoms with E-state index in [2.05, 4.69) is 15.2 Å². The van der Waals surface area contributed by atoms with Gasteiger partial charge >= 0.3 is 6.09 Å². The monoisotopic (exact) mass is 395 g/mol. The van der Waals surface area contributed by atoms with Crippen LogP contribution in [0, 0.1) is 11.6 Å². The van der Waals surface area contributed by atoms with Crippen molar-refractivity contribution in [1.29, 1.82) is 0 Å². The molecular formula is C16H15F2N5O5. The maximum Gasteiger partial charge on any atom is 0.415 e. The van der Waals surface area contributed by atoms with E-state index in [1.165, 1.54) is 17.3 Å². The van der Waals surface area contributed by atoms with Crippen molar-refractivity contribution in [3.8, 4) is 0 Å². The highest BCUT2D eigenvalue weighted by Gasteiger charge is 2.32. The van der Waals surface area contributed by atoms with Crippen molar-refractivity contribution in [2.75, 3.05) is 31.3 Å². The number of nitrogens with zero attached hydrogens (tertiary/aromatic N) is 5. The Kier molecular flexibility index (Phi) is 4.88. The van der Waals surface area contributed by atoms with Crippen LogP contribution in [-0.4, -0.2) is 52.4 Å². The van der Waals surface area contributed by atoms with Gasteiger partial charge in [-0.2, -0.15) is 9.49 Å². The molecule has 2 saturated heterocycles. The highest BCUT2D eigenvalue weighted by molar-refractivity contribution is 5.99. The van der Waals surface area contributed by atoms with Crippen LogP contribution in [0.2, 0.25) is 0 Å². The Hall–Kier alpha value is -3.12. The lowest BCUT2D eigenvalue weighted by molar-refractivity contribution is -0.0467. The number of ether oxygens (including phenoxy) is 3. The minimum atomic E-state index is -1.20. The Morgan fingerprint density at radius 2 is 1.96 bits per heavy atom. The van der Waals surface area contributed by atoms with E-state index in [0.29, 0.717) is 13.2 Å². The zero-order chi connectivity index (χ0) is 19.7. The minimum Gasteiger partial charge on any atom is -0.447 e. The molecule has 5 rings (SSSR count). The van der Waals surface area contributed by atoms with E-state index < -0.39 is 24.0 Å². The lowest BCUT2D eigenvalue weighted by Gasteiger charge is -2.12. The van der Waals surface area contributed by atoms with Crippen molar-refractivity contribution >= 4 is 22.9 Å². The van der Waals surface area contributed by atoms with Crippen molar-refractivity contribution in [3.63, 3.8) is 0 Å². The van der Waals surface area contributed by atoms with Crippen LogP contribution in [0.1, 0.15) is 11.9 Å². The predicted octanol–water partition coefficient (Wildman–Crippen LogP) is 1.92. The average Bonchev–Trinajstić information content (AvgIpc) is 3.46. The quantitative estimate of drug-likeness (QED) is 0.648. The van der Waals surface area contributed by atoms with E-state index in [1.807, 2.05) is 7.05 Å². The fourth-order valence-corrected chi connectivity index (χ4v) is 2.78. The Labute approximate surface area is 156 Å². The van der Waals surface area contributed by atoms with Crippen LogP contribution in [0.25, 0.3) is 11.0 Å². The molecular weight excluding hydrogens is 380 g/mol. The molecule has 12 heteroatoms. The molecule has 0 unspecified atom stereocenters. The molecule has 0 bridgehead atoms. The van der Waals surface area contributed by atoms with E-state index in [1.54, 1.807) is 11.0 Å². The molecule has 0 radical (unpaired) electrons. The fourth-order valence-electron chi connectivity index (χ4n) is 2.78. The van der Waals surface area contributed by atoms with Gasteiger partial charge in [0.1, 0.15) is 19.3 Å². The first-order valence-electron chi connectivity index (χ1n) is 8.29. The fraction of sp³-hybridized carbons (Fsp3) is 0.375. The van der Waals surface area contributed by atoms with Crippen LogP contribution in [0.3, 0.4) is 0 Å². The number of carbonyl (C=O) groups is 1. The summed E-state index contributed by atoms with van der Waals surface area (Å²) in [6, 6.07) is 1.32. The molecule has 1 amide bonds. The Morgan fingerprint density at radius 1 is 1.18 bits per heavy atom. The molecule has 0 spiro atoms. The summed E-state index contributed by atoms with van der Waals surface area (Å²) in [5.74, 6) is -2.24. The summed E-state index contributed by atoms with van der Waals surface area (Å²) in [5, 5.41) is 7.54. The molecule has 0 aliphatic carbocycles. The molecule has 0 saturated carbocycles. The zero-order valence-electron chi connectivity index (χ0n) is 14.7. The first-order valence-corrected chi connectivity index (χ1v) is 8.29. The van der Waals surface area contributed by atoms with Gasteiger partial charge in [-0.25, -0.2) is 14.2 Å². The van der Waals surface area contributed by atoms with Gasteiger partial charge in [0.05, 0.1) is 25.1 Å². The molecule has 10 nitrogen and oxygen atoms in total. The molecule has 2 aliphatic heterocycles. The zero-order valence-corrected chi connectivity index (χ0v) is 14.7. The van der Waals surface area contributed by atoms with Crippen LogP contribution in [0.4, 0.5) is 19.4 Å². The number of anilines is 1. The topological polar surface area (TPSA) is 105 Å². The maximum absolute atomic E-state index is 14.2. The van der Waals surface area contributed by atoms with Gasteiger partial charge in [-0.1, -0.05) is 5.16 Å². The number of carbonyl (C=O) groups excluding carboxylic acids is 1. The van der Waals surface area contributed by atoms with Gasteiger partial charge in [0.25, 0.3) is 0 Å². The van der Waals surface area contributed by atoms with Crippen molar-refractivity contribution in [2.45, 2.75) is 6.29 Å². The van der Waals surface area contributed by atoms with E-state index in [0.717, 1.165) is 0 Å². The van der Waals surface area contributed by atoms with Gasteiger partial charge in [-0.05, 0) is 6.07 Å². The van der Waals surface area contributed by atoms with E-state index >= 15 is 0 Å².